The van der Waals surface area contributed by atoms with Gasteiger partial charge in [0.15, 0.2) is 0 Å². The van der Waals surface area contributed by atoms with Gasteiger partial charge in [-0.3, -0.25) is 4.98 Å². The number of nitrogens with one attached hydrogen (secondary N) is 1. The second kappa shape index (κ2) is 5.54. The third-order valence-corrected chi connectivity index (χ3v) is 4.47. The van der Waals surface area contributed by atoms with Crippen molar-refractivity contribution in [3.8, 4) is 0 Å². The first kappa shape index (κ1) is 13.5. The third-order valence-electron chi connectivity index (χ3n) is 4.47. The van der Waals surface area contributed by atoms with Crippen molar-refractivity contribution in [1.29, 1.82) is 0 Å². The lowest BCUT2D eigenvalue weighted by Gasteiger charge is -2.24. The van der Waals surface area contributed by atoms with Gasteiger partial charge < -0.3 is 9.72 Å². The summed E-state index contributed by atoms with van der Waals surface area (Å²) in [5.74, 6) is 0. The molecule has 0 amide bonds. The number of hydrogen-bond acceptors (Lipinski definition) is 3. The largest absolute Gasteiger partial charge is 0.304 e. The summed E-state index contributed by atoms with van der Waals surface area (Å²) in [6.07, 6.45) is 7.54. The van der Waals surface area contributed by atoms with Crippen LogP contribution in [0.15, 0.2) is 42.7 Å². The minimum Gasteiger partial charge on any atom is -0.304 e. The Morgan fingerprint density at radius 1 is 1.27 bits per heavy atom. The van der Waals surface area contributed by atoms with Crippen LogP contribution >= 0.6 is 0 Å². The predicted molar refractivity (Wildman–Crippen MR) is 86.7 cm³/mol. The molecule has 0 saturated carbocycles. The molecule has 3 heterocycles. The highest BCUT2D eigenvalue weighted by Gasteiger charge is 2.20. The van der Waals surface area contributed by atoms with E-state index < -0.39 is 0 Å². The molecular weight excluding hydrogens is 272 g/mol. The fourth-order valence-electron chi connectivity index (χ4n) is 3.32. The summed E-state index contributed by atoms with van der Waals surface area (Å²) in [4.78, 5) is 9.28. The van der Waals surface area contributed by atoms with Gasteiger partial charge in [-0.2, -0.15) is 0 Å². The van der Waals surface area contributed by atoms with E-state index in [0.717, 1.165) is 30.7 Å². The van der Waals surface area contributed by atoms with E-state index in [4.69, 9.17) is 4.98 Å². The molecular formula is C18H20N4. The van der Waals surface area contributed by atoms with Crippen LogP contribution in [0.4, 0.5) is 0 Å². The number of aryl methyl sites for hydroxylation is 2. The highest BCUT2D eigenvalue weighted by molar-refractivity contribution is 5.41. The molecule has 4 nitrogen and oxygen atoms in total. The van der Waals surface area contributed by atoms with Crippen LogP contribution in [0.2, 0.25) is 0 Å². The number of imidazole rings is 1. The van der Waals surface area contributed by atoms with Crippen molar-refractivity contribution in [3.63, 3.8) is 0 Å². The molecule has 0 fully saturated rings. The Morgan fingerprint density at radius 2 is 2.23 bits per heavy atom. The standard InChI is InChI=1S/C18H20N4/c1-13-5-2-9-17-21-15(12-22(13)17)11-20-16-8-3-6-14-7-4-10-19-18(14)16/h2,4-5,7,9-10,12,16,20H,3,6,8,11H2,1H3/t16-/m0/s1. The summed E-state index contributed by atoms with van der Waals surface area (Å²) in [5, 5.41) is 3.64. The Balaban J connectivity index is 1.54. The van der Waals surface area contributed by atoms with E-state index in [-0.39, 0.29) is 0 Å². The van der Waals surface area contributed by atoms with Gasteiger partial charge >= 0.3 is 0 Å². The number of pyridine rings is 2. The summed E-state index contributed by atoms with van der Waals surface area (Å²) < 4.78 is 2.14. The zero-order chi connectivity index (χ0) is 14.9. The van der Waals surface area contributed by atoms with E-state index in [9.17, 15) is 0 Å². The summed E-state index contributed by atoms with van der Waals surface area (Å²) in [6.45, 7) is 2.88. The van der Waals surface area contributed by atoms with Crippen molar-refractivity contribution in [1.82, 2.24) is 19.7 Å². The fraction of sp³-hybridized carbons (Fsp3) is 0.333. The Bertz CT molecular complexity index is 806. The van der Waals surface area contributed by atoms with Crippen LogP contribution in [-0.4, -0.2) is 14.4 Å². The molecule has 1 atom stereocenters. The van der Waals surface area contributed by atoms with E-state index >= 15 is 0 Å². The Labute approximate surface area is 130 Å². The number of fused-ring (bicyclic) bond motifs is 2. The van der Waals surface area contributed by atoms with Crippen molar-refractivity contribution in [2.45, 2.75) is 38.8 Å². The Hall–Kier alpha value is -2.20. The topological polar surface area (TPSA) is 42.2 Å². The summed E-state index contributed by atoms with van der Waals surface area (Å²) >= 11 is 0. The Morgan fingerprint density at radius 3 is 3.14 bits per heavy atom. The maximum Gasteiger partial charge on any atom is 0.137 e. The zero-order valence-electron chi connectivity index (χ0n) is 12.8. The van der Waals surface area contributed by atoms with Crippen LogP contribution in [0, 0.1) is 6.92 Å². The van der Waals surface area contributed by atoms with E-state index in [1.165, 1.54) is 23.4 Å². The van der Waals surface area contributed by atoms with Crippen LogP contribution in [0.3, 0.4) is 0 Å². The molecule has 3 aromatic heterocycles. The lowest BCUT2D eigenvalue weighted by atomic mass is 9.92. The number of rotatable bonds is 3. The first-order valence-corrected chi connectivity index (χ1v) is 7.92. The van der Waals surface area contributed by atoms with Crippen LogP contribution < -0.4 is 5.32 Å². The smallest absolute Gasteiger partial charge is 0.137 e. The lowest BCUT2D eigenvalue weighted by Crippen LogP contribution is -2.26. The molecule has 1 aliphatic carbocycles. The van der Waals surface area contributed by atoms with Crippen molar-refractivity contribution < 1.29 is 0 Å². The highest BCUT2D eigenvalue weighted by Crippen LogP contribution is 2.27. The minimum absolute atomic E-state index is 0.343. The molecule has 0 bridgehead atoms. The molecule has 1 aliphatic rings. The molecule has 4 heteroatoms. The summed E-state index contributed by atoms with van der Waals surface area (Å²) in [6, 6.07) is 10.8. The molecule has 0 aliphatic heterocycles. The van der Waals surface area contributed by atoms with Gasteiger partial charge in [0.25, 0.3) is 0 Å². The molecule has 3 aromatic rings. The quantitative estimate of drug-likeness (QED) is 0.806. The van der Waals surface area contributed by atoms with Gasteiger partial charge in [-0.15, -0.1) is 0 Å². The van der Waals surface area contributed by atoms with Gasteiger partial charge in [-0.05, 0) is 49.9 Å². The van der Waals surface area contributed by atoms with Gasteiger partial charge in [0.2, 0.25) is 0 Å². The number of aromatic nitrogens is 3. The maximum absolute atomic E-state index is 4.69. The van der Waals surface area contributed by atoms with Crippen molar-refractivity contribution in [2.24, 2.45) is 0 Å². The zero-order valence-corrected chi connectivity index (χ0v) is 12.8. The first-order chi connectivity index (χ1) is 10.8. The molecule has 22 heavy (non-hydrogen) atoms. The molecule has 0 aromatic carbocycles. The predicted octanol–water partition coefficient (Wildman–Crippen LogP) is 3.20. The Kier molecular flexibility index (Phi) is 3.39. The molecule has 4 rings (SSSR count). The first-order valence-electron chi connectivity index (χ1n) is 7.92. The van der Waals surface area contributed by atoms with E-state index in [1.807, 2.05) is 18.3 Å². The molecule has 1 N–H and O–H groups in total. The van der Waals surface area contributed by atoms with Gasteiger partial charge in [-0.25, -0.2) is 4.98 Å². The van der Waals surface area contributed by atoms with E-state index in [0.29, 0.717) is 6.04 Å². The molecule has 112 valence electrons. The van der Waals surface area contributed by atoms with Gasteiger partial charge in [0.1, 0.15) is 5.65 Å². The lowest BCUT2D eigenvalue weighted by molar-refractivity contribution is 0.445. The van der Waals surface area contributed by atoms with Crippen molar-refractivity contribution in [3.05, 3.63) is 65.4 Å². The van der Waals surface area contributed by atoms with Crippen molar-refractivity contribution in [2.75, 3.05) is 0 Å². The van der Waals surface area contributed by atoms with Crippen LogP contribution in [0.25, 0.3) is 5.65 Å². The second-order valence-corrected chi connectivity index (χ2v) is 6.00. The SMILES string of the molecule is Cc1cccc2nc(CN[C@H]3CCCc4cccnc43)cn12. The van der Waals surface area contributed by atoms with Gasteiger partial charge in [-0.1, -0.05) is 12.1 Å². The maximum atomic E-state index is 4.69. The van der Waals surface area contributed by atoms with E-state index in [1.54, 1.807) is 0 Å². The number of nitrogens with zero attached hydrogens (tertiary/aromatic N) is 3. The van der Waals surface area contributed by atoms with Crippen LogP contribution in [-0.2, 0) is 13.0 Å². The molecule has 0 spiro atoms. The second-order valence-electron chi connectivity index (χ2n) is 6.00. The van der Waals surface area contributed by atoms with E-state index in [2.05, 4.69) is 46.0 Å². The fourth-order valence-corrected chi connectivity index (χ4v) is 3.32. The minimum atomic E-state index is 0.343. The average Bonchev–Trinajstić information content (AvgIpc) is 2.97. The van der Waals surface area contributed by atoms with Crippen molar-refractivity contribution >= 4 is 5.65 Å². The molecule has 0 unspecified atom stereocenters. The molecule has 0 radical (unpaired) electrons. The van der Waals surface area contributed by atoms with Gasteiger partial charge in [0.05, 0.1) is 17.4 Å². The number of hydrogen-bond donors (Lipinski definition) is 1. The van der Waals surface area contributed by atoms with Crippen LogP contribution in [0.1, 0.15) is 41.5 Å². The highest BCUT2D eigenvalue weighted by atomic mass is 15.0. The summed E-state index contributed by atoms with van der Waals surface area (Å²) in [5.41, 5.74) is 5.91. The van der Waals surface area contributed by atoms with Gasteiger partial charge in [0, 0.05) is 24.6 Å². The normalized spacial score (nSPS) is 17.6. The summed E-state index contributed by atoms with van der Waals surface area (Å²) in [7, 11) is 0. The molecule has 0 saturated heterocycles. The average molecular weight is 292 g/mol. The van der Waals surface area contributed by atoms with Crippen LogP contribution in [0.5, 0.6) is 0 Å². The third kappa shape index (κ3) is 2.40. The monoisotopic (exact) mass is 292 g/mol.